The lowest BCUT2D eigenvalue weighted by Crippen LogP contribution is -2.15. The molecular formula is C23H46O13. The first-order valence-electron chi connectivity index (χ1n) is 12.4. The maximum absolute atomic E-state index is 10.3. The average Bonchev–Trinajstić information content (AvgIpc) is 2.87. The molecule has 36 heavy (non-hydrogen) atoms. The highest BCUT2D eigenvalue weighted by molar-refractivity contribution is 5.66. The molecule has 0 saturated heterocycles. The van der Waals surface area contributed by atoms with Gasteiger partial charge in [0.1, 0.15) is 0 Å². The first-order chi connectivity index (χ1) is 17.8. The minimum Gasteiger partial charge on any atom is -0.481 e. The van der Waals surface area contributed by atoms with Gasteiger partial charge < -0.3 is 57.6 Å². The fourth-order valence-electron chi connectivity index (χ4n) is 2.31. The van der Waals surface area contributed by atoms with Gasteiger partial charge in [-0.1, -0.05) is 0 Å². The van der Waals surface area contributed by atoms with E-state index in [1.165, 1.54) is 0 Å². The van der Waals surface area contributed by atoms with Gasteiger partial charge in [0.05, 0.1) is 145 Å². The first-order valence-corrected chi connectivity index (χ1v) is 12.4. The number of aliphatic hydroxyl groups is 1. The molecule has 13 nitrogen and oxygen atoms in total. The van der Waals surface area contributed by atoms with Crippen LogP contribution in [0.1, 0.15) is 6.42 Å². The monoisotopic (exact) mass is 530 g/mol. The topological polar surface area (TPSA) is 150 Å². The Hall–Kier alpha value is -0.970. The Morgan fingerprint density at radius 1 is 0.361 bits per heavy atom. The predicted octanol–water partition coefficient (Wildman–Crippen LogP) is -0.381. The summed E-state index contributed by atoms with van der Waals surface area (Å²) >= 11 is 0. The van der Waals surface area contributed by atoms with Crippen LogP contribution in [0.2, 0.25) is 0 Å². The van der Waals surface area contributed by atoms with E-state index >= 15 is 0 Å². The number of ether oxygens (including phenoxy) is 10. The zero-order valence-corrected chi connectivity index (χ0v) is 21.4. The van der Waals surface area contributed by atoms with Gasteiger partial charge in [-0.25, -0.2) is 0 Å². The molecule has 0 aliphatic carbocycles. The Balaban J connectivity index is 3.02. The summed E-state index contributed by atoms with van der Waals surface area (Å²) in [6.45, 7) is 9.08. The third-order valence-electron chi connectivity index (χ3n) is 4.04. The molecule has 0 spiro atoms. The second-order valence-electron chi connectivity index (χ2n) is 6.99. The van der Waals surface area contributed by atoms with Gasteiger partial charge in [-0.2, -0.15) is 0 Å². The zero-order valence-electron chi connectivity index (χ0n) is 21.4. The summed E-state index contributed by atoms with van der Waals surface area (Å²) in [6.07, 6.45) is -0.00130. The number of carbonyl (C=O) groups is 1. The summed E-state index contributed by atoms with van der Waals surface area (Å²) in [5.74, 6) is -0.874. The molecule has 0 atom stereocenters. The molecule has 2 N–H and O–H groups in total. The Morgan fingerprint density at radius 3 is 0.750 bits per heavy atom. The maximum Gasteiger partial charge on any atom is 0.305 e. The van der Waals surface area contributed by atoms with E-state index in [1.54, 1.807) is 0 Å². The van der Waals surface area contributed by atoms with Crippen LogP contribution in [-0.2, 0) is 52.2 Å². The van der Waals surface area contributed by atoms with Crippen LogP contribution >= 0.6 is 0 Å². The lowest BCUT2D eigenvalue weighted by Gasteiger charge is -2.09. The molecule has 0 rings (SSSR count). The summed E-state index contributed by atoms with van der Waals surface area (Å²) in [4.78, 5) is 10.3. The van der Waals surface area contributed by atoms with Crippen LogP contribution < -0.4 is 0 Å². The van der Waals surface area contributed by atoms with Crippen molar-refractivity contribution < 1.29 is 62.4 Å². The minimum absolute atomic E-state index is 0.00130. The SMILES string of the molecule is O=C(O)CCOCCOCCOCCOCCOCCOCCOCCOCCOCCOCCO. The van der Waals surface area contributed by atoms with E-state index in [2.05, 4.69) is 0 Å². The highest BCUT2D eigenvalue weighted by Crippen LogP contribution is 1.87. The highest BCUT2D eigenvalue weighted by atomic mass is 16.6. The number of rotatable bonds is 32. The smallest absolute Gasteiger partial charge is 0.305 e. The Kier molecular flexibility index (Phi) is 31.2. The van der Waals surface area contributed by atoms with Crippen LogP contribution in [0, 0.1) is 0 Å². The van der Waals surface area contributed by atoms with Crippen molar-refractivity contribution in [3.8, 4) is 0 Å². The lowest BCUT2D eigenvalue weighted by atomic mass is 10.5. The van der Waals surface area contributed by atoms with Gasteiger partial charge in [0.15, 0.2) is 0 Å². The third kappa shape index (κ3) is 33.0. The predicted molar refractivity (Wildman–Crippen MR) is 128 cm³/mol. The summed E-state index contributed by atoms with van der Waals surface area (Å²) in [5, 5.41) is 17.0. The van der Waals surface area contributed by atoms with E-state index in [-0.39, 0.29) is 19.6 Å². The molecule has 216 valence electrons. The molecule has 0 fully saturated rings. The highest BCUT2D eigenvalue weighted by Gasteiger charge is 1.97. The van der Waals surface area contributed by atoms with Crippen molar-refractivity contribution in [3.63, 3.8) is 0 Å². The molecule has 0 aliphatic rings. The fraction of sp³-hybridized carbons (Fsp3) is 0.957. The van der Waals surface area contributed by atoms with Crippen molar-refractivity contribution in [1.29, 1.82) is 0 Å². The summed E-state index contributed by atoms with van der Waals surface area (Å²) < 4.78 is 53.2. The Bertz CT molecular complexity index is 429. The van der Waals surface area contributed by atoms with Crippen LogP contribution in [0.4, 0.5) is 0 Å². The molecule has 0 unspecified atom stereocenters. The van der Waals surface area contributed by atoms with Crippen LogP contribution in [0.5, 0.6) is 0 Å². The molecule has 0 aromatic rings. The second kappa shape index (κ2) is 32.1. The molecule has 13 heteroatoms. The third-order valence-corrected chi connectivity index (χ3v) is 4.04. The molecule has 0 bridgehead atoms. The number of carboxylic acids is 1. The number of aliphatic hydroxyl groups excluding tert-OH is 1. The summed E-state index contributed by atoms with van der Waals surface area (Å²) in [5.41, 5.74) is 0. The number of aliphatic carboxylic acids is 1. The molecule has 0 saturated carbocycles. The van der Waals surface area contributed by atoms with Crippen molar-refractivity contribution in [2.75, 3.05) is 139 Å². The van der Waals surface area contributed by atoms with Crippen LogP contribution in [0.25, 0.3) is 0 Å². The number of hydrogen-bond acceptors (Lipinski definition) is 12. The molecule has 0 aromatic carbocycles. The normalized spacial score (nSPS) is 11.4. The van der Waals surface area contributed by atoms with E-state index < -0.39 is 5.97 Å². The van der Waals surface area contributed by atoms with Gasteiger partial charge >= 0.3 is 5.97 Å². The summed E-state index contributed by atoms with van der Waals surface area (Å²) in [6, 6.07) is 0. The van der Waals surface area contributed by atoms with Gasteiger partial charge in [0, 0.05) is 0 Å². The van der Waals surface area contributed by atoms with Crippen molar-refractivity contribution in [3.05, 3.63) is 0 Å². The first kappa shape index (κ1) is 35.0. The quantitative estimate of drug-likeness (QED) is 0.109. The van der Waals surface area contributed by atoms with Gasteiger partial charge in [-0.05, 0) is 0 Å². The minimum atomic E-state index is -0.874. The van der Waals surface area contributed by atoms with E-state index in [1.807, 2.05) is 0 Å². The lowest BCUT2D eigenvalue weighted by molar-refractivity contribution is -0.138. The molecule has 0 amide bonds. The molecule has 0 aromatic heterocycles. The largest absolute Gasteiger partial charge is 0.481 e. The summed E-state index contributed by atoms with van der Waals surface area (Å²) in [7, 11) is 0. The Labute approximate surface area is 214 Å². The second-order valence-corrected chi connectivity index (χ2v) is 6.99. The molecule has 0 radical (unpaired) electrons. The maximum atomic E-state index is 10.3. The van der Waals surface area contributed by atoms with Crippen molar-refractivity contribution in [1.82, 2.24) is 0 Å². The zero-order chi connectivity index (χ0) is 26.2. The average molecular weight is 531 g/mol. The molecule has 0 heterocycles. The van der Waals surface area contributed by atoms with Crippen LogP contribution in [-0.4, -0.2) is 155 Å². The van der Waals surface area contributed by atoms with Gasteiger partial charge in [-0.3, -0.25) is 4.79 Å². The van der Waals surface area contributed by atoms with Gasteiger partial charge in [0.2, 0.25) is 0 Å². The van der Waals surface area contributed by atoms with E-state index in [9.17, 15) is 4.79 Å². The van der Waals surface area contributed by atoms with Gasteiger partial charge in [0.25, 0.3) is 0 Å². The molecule has 0 aliphatic heterocycles. The van der Waals surface area contributed by atoms with E-state index in [0.717, 1.165) is 0 Å². The standard InChI is InChI=1S/C23H46O13/c24-2-4-28-6-8-30-10-12-32-14-16-34-18-20-36-22-21-35-19-17-33-15-13-31-11-9-29-7-5-27-3-1-23(25)26/h24H,1-22H2,(H,25,26). The van der Waals surface area contributed by atoms with Crippen molar-refractivity contribution in [2.24, 2.45) is 0 Å². The van der Waals surface area contributed by atoms with Crippen LogP contribution in [0.15, 0.2) is 0 Å². The molecular weight excluding hydrogens is 484 g/mol. The van der Waals surface area contributed by atoms with Crippen molar-refractivity contribution in [2.45, 2.75) is 6.42 Å². The number of hydrogen-bond donors (Lipinski definition) is 2. The van der Waals surface area contributed by atoms with E-state index in [4.69, 9.17) is 57.6 Å². The number of carboxylic acid groups (broad SMARTS) is 1. The van der Waals surface area contributed by atoms with E-state index in [0.29, 0.717) is 126 Å². The van der Waals surface area contributed by atoms with Crippen molar-refractivity contribution >= 4 is 5.97 Å². The Morgan fingerprint density at radius 2 is 0.556 bits per heavy atom. The fourth-order valence-corrected chi connectivity index (χ4v) is 2.31. The van der Waals surface area contributed by atoms with Crippen LogP contribution in [0.3, 0.4) is 0 Å². The van der Waals surface area contributed by atoms with Gasteiger partial charge in [-0.15, -0.1) is 0 Å².